The molecule has 4 rings (SSSR count). The number of amides is 1. The van der Waals surface area contributed by atoms with Crippen molar-refractivity contribution in [2.24, 2.45) is 7.05 Å². The fraction of sp³-hybridized carbons (Fsp3) is 0.0455. The van der Waals surface area contributed by atoms with Crippen molar-refractivity contribution in [2.45, 2.75) is 0 Å². The van der Waals surface area contributed by atoms with Gasteiger partial charge >= 0.3 is 0 Å². The molecule has 6 nitrogen and oxygen atoms in total. The lowest BCUT2D eigenvalue weighted by Gasteiger charge is -2.09. The number of ketones is 1. The van der Waals surface area contributed by atoms with Gasteiger partial charge in [0.1, 0.15) is 11.4 Å². The molecule has 0 aliphatic carbocycles. The van der Waals surface area contributed by atoms with Crippen LogP contribution in [0.2, 0.25) is 0 Å². The highest BCUT2D eigenvalue weighted by Crippen LogP contribution is 2.19. The average Bonchev–Trinajstić information content (AvgIpc) is 3.37. The zero-order valence-electron chi connectivity index (χ0n) is 15.2. The number of anilines is 1. The minimum Gasteiger partial charge on any atom is -0.322 e. The molecule has 1 amide bonds. The molecule has 2 aromatic carbocycles. The third-order valence-electron chi connectivity index (χ3n) is 4.42. The lowest BCUT2D eigenvalue weighted by molar-refractivity contribution is 0.102. The summed E-state index contributed by atoms with van der Waals surface area (Å²) in [5.74, 6) is 0.284. The van der Waals surface area contributed by atoms with E-state index in [4.69, 9.17) is 0 Å². The Bertz CT molecular complexity index is 1130. The van der Waals surface area contributed by atoms with Crippen LogP contribution >= 0.6 is 0 Å². The van der Waals surface area contributed by atoms with Crippen LogP contribution in [0.4, 0.5) is 5.69 Å². The van der Waals surface area contributed by atoms with Crippen LogP contribution in [0.3, 0.4) is 0 Å². The van der Waals surface area contributed by atoms with Gasteiger partial charge < -0.3 is 9.88 Å². The Morgan fingerprint density at radius 2 is 1.61 bits per heavy atom. The van der Waals surface area contributed by atoms with Crippen LogP contribution in [0.15, 0.2) is 85.3 Å². The molecule has 0 radical (unpaired) electrons. The van der Waals surface area contributed by atoms with E-state index in [2.05, 4.69) is 10.4 Å². The minimum atomic E-state index is -0.291. The Kier molecular flexibility index (Phi) is 4.60. The molecule has 6 heteroatoms. The van der Waals surface area contributed by atoms with Gasteiger partial charge in [0.25, 0.3) is 5.91 Å². The van der Waals surface area contributed by atoms with Crippen molar-refractivity contribution in [1.82, 2.24) is 14.3 Å². The molecule has 0 atom stereocenters. The summed E-state index contributed by atoms with van der Waals surface area (Å²) in [6.07, 6.45) is 5.24. The predicted molar refractivity (Wildman–Crippen MR) is 107 cm³/mol. The summed E-state index contributed by atoms with van der Waals surface area (Å²) in [5.41, 5.74) is 2.11. The first kappa shape index (κ1) is 17.5. The first-order valence-electron chi connectivity index (χ1n) is 8.80. The maximum atomic E-state index is 12.8. The SMILES string of the molecule is Cn1ncc(C(=O)Nc2cccc(C(=O)c3ccccc3)c2)c1-n1cccc1. The zero-order chi connectivity index (χ0) is 19.5. The van der Waals surface area contributed by atoms with Crippen molar-refractivity contribution in [3.63, 3.8) is 0 Å². The summed E-state index contributed by atoms with van der Waals surface area (Å²) < 4.78 is 3.47. The molecular weight excluding hydrogens is 352 g/mol. The van der Waals surface area contributed by atoms with Crippen LogP contribution in [0, 0.1) is 0 Å². The number of benzene rings is 2. The second kappa shape index (κ2) is 7.36. The Morgan fingerprint density at radius 3 is 2.36 bits per heavy atom. The average molecular weight is 370 g/mol. The topological polar surface area (TPSA) is 68.9 Å². The van der Waals surface area contributed by atoms with Crippen molar-refractivity contribution in [3.05, 3.63) is 102 Å². The summed E-state index contributed by atoms with van der Waals surface area (Å²) >= 11 is 0. The van der Waals surface area contributed by atoms with Gasteiger partial charge in [-0.1, -0.05) is 42.5 Å². The number of aromatic nitrogens is 3. The lowest BCUT2D eigenvalue weighted by Crippen LogP contribution is -2.15. The molecule has 2 aromatic heterocycles. The third kappa shape index (κ3) is 3.35. The number of carbonyl (C=O) groups excluding carboxylic acids is 2. The van der Waals surface area contributed by atoms with Gasteiger partial charge in [-0.2, -0.15) is 5.10 Å². The van der Waals surface area contributed by atoms with E-state index in [0.29, 0.717) is 28.2 Å². The maximum absolute atomic E-state index is 12.8. The molecule has 0 unspecified atom stereocenters. The number of hydrogen-bond acceptors (Lipinski definition) is 3. The molecule has 2 heterocycles. The molecule has 28 heavy (non-hydrogen) atoms. The quantitative estimate of drug-likeness (QED) is 0.545. The van der Waals surface area contributed by atoms with E-state index in [9.17, 15) is 9.59 Å². The van der Waals surface area contributed by atoms with Gasteiger partial charge in [-0.3, -0.25) is 14.3 Å². The lowest BCUT2D eigenvalue weighted by atomic mass is 10.0. The van der Waals surface area contributed by atoms with Crippen LogP contribution in [-0.4, -0.2) is 26.0 Å². The summed E-state index contributed by atoms with van der Waals surface area (Å²) in [6, 6.07) is 19.7. The van der Waals surface area contributed by atoms with E-state index in [1.807, 2.05) is 47.3 Å². The molecule has 0 aliphatic rings. The van der Waals surface area contributed by atoms with Crippen LogP contribution in [0.1, 0.15) is 26.3 Å². The molecule has 0 spiro atoms. The second-order valence-electron chi connectivity index (χ2n) is 6.33. The first-order chi connectivity index (χ1) is 13.6. The van der Waals surface area contributed by atoms with Crippen LogP contribution in [0.5, 0.6) is 0 Å². The Hall–Kier alpha value is -3.93. The van der Waals surface area contributed by atoms with Gasteiger partial charge in [0, 0.05) is 36.3 Å². The van der Waals surface area contributed by atoms with E-state index in [0.717, 1.165) is 0 Å². The number of carbonyl (C=O) groups is 2. The summed E-state index contributed by atoms with van der Waals surface area (Å²) in [7, 11) is 1.78. The van der Waals surface area contributed by atoms with Gasteiger partial charge in [0.15, 0.2) is 5.78 Å². The number of hydrogen-bond donors (Lipinski definition) is 1. The van der Waals surface area contributed by atoms with E-state index in [1.165, 1.54) is 6.20 Å². The van der Waals surface area contributed by atoms with Gasteiger partial charge in [-0.05, 0) is 24.3 Å². The summed E-state index contributed by atoms with van der Waals surface area (Å²) in [4.78, 5) is 25.5. The fourth-order valence-corrected chi connectivity index (χ4v) is 3.07. The van der Waals surface area contributed by atoms with E-state index in [-0.39, 0.29) is 11.7 Å². The Morgan fingerprint density at radius 1 is 0.893 bits per heavy atom. The van der Waals surface area contributed by atoms with Crippen LogP contribution in [0.25, 0.3) is 5.82 Å². The van der Waals surface area contributed by atoms with Crippen LogP contribution in [-0.2, 0) is 7.05 Å². The molecule has 0 bridgehead atoms. The molecule has 138 valence electrons. The van der Waals surface area contributed by atoms with E-state index in [1.54, 1.807) is 48.1 Å². The zero-order valence-corrected chi connectivity index (χ0v) is 15.2. The molecule has 1 N–H and O–H groups in total. The molecule has 4 aromatic rings. The Balaban J connectivity index is 1.59. The molecule has 0 saturated carbocycles. The smallest absolute Gasteiger partial charge is 0.261 e. The third-order valence-corrected chi connectivity index (χ3v) is 4.42. The molecule has 0 saturated heterocycles. The van der Waals surface area contributed by atoms with Gasteiger partial charge in [0.05, 0.1) is 6.20 Å². The number of nitrogens with zero attached hydrogens (tertiary/aromatic N) is 3. The standard InChI is InChI=1S/C22H18N4O2/c1-25-22(26-12-5-6-13-26)19(15-23-25)21(28)24-18-11-7-10-17(14-18)20(27)16-8-3-2-4-9-16/h2-15H,1H3,(H,24,28). The van der Waals surface area contributed by atoms with Crippen molar-refractivity contribution in [1.29, 1.82) is 0 Å². The molecule has 0 fully saturated rings. The second-order valence-corrected chi connectivity index (χ2v) is 6.33. The van der Waals surface area contributed by atoms with Gasteiger partial charge in [0.2, 0.25) is 0 Å². The largest absolute Gasteiger partial charge is 0.322 e. The highest BCUT2D eigenvalue weighted by molar-refractivity contribution is 6.10. The first-order valence-corrected chi connectivity index (χ1v) is 8.80. The van der Waals surface area contributed by atoms with Crippen molar-refractivity contribution in [2.75, 3.05) is 5.32 Å². The van der Waals surface area contributed by atoms with Gasteiger partial charge in [-0.15, -0.1) is 0 Å². The van der Waals surface area contributed by atoms with Crippen molar-refractivity contribution in [3.8, 4) is 5.82 Å². The van der Waals surface area contributed by atoms with E-state index >= 15 is 0 Å². The van der Waals surface area contributed by atoms with E-state index < -0.39 is 0 Å². The number of nitrogens with one attached hydrogen (secondary N) is 1. The van der Waals surface area contributed by atoms with Crippen molar-refractivity contribution < 1.29 is 9.59 Å². The normalized spacial score (nSPS) is 10.6. The van der Waals surface area contributed by atoms with Crippen molar-refractivity contribution >= 4 is 17.4 Å². The number of aryl methyl sites for hydroxylation is 1. The number of rotatable bonds is 5. The summed E-state index contributed by atoms with van der Waals surface area (Å²) in [6.45, 7) is 0. The maximum Gasteiger partial charge on any atom is 0.261 e. The Labute approximate surface area is 162 Å². The predicted octanol–water partition coefficient (Wildman–Crippen LogP) is 3.69. The highest BCUT2D eigenvalue weighted by Gasteiger charge is 2.18. The highest BCUT2D eigenvalue weighted by atomic mass is 16.1. The van der Waals surface area contributed by atoms with Gasteiger partial charge in [-0.25, -0.2) is 0 Å². The molecular formula is C22H18N4O2. The fourth-order valence-electron chi connectivity index (χ4n) is 3.07. The summed E-state index contributed by atoms with van der Waals surface area (Å²) in [5, 5.41) is 7.06. The monoisotopic (exact) mass is 370 g/mol. The molecule has 0 aliphatic heterocycles. The minimum absolute atomic E-state index is 0.0916. The van der Waals surface area contributed by atoms with Crippen LogP contribution < -0.4 is 5.32 Å².